The smallest absolute Gasteiger partial charge is 0.0743 e. The minimum Gasteiger partial charge on any atom is -0.393 e. The van der Waals surface area contributed by atoms with Gasteiger partial charge in [-0.25, -0.2) is 0 Å². The molecule has 0 rings (SSSR count). The fourth-order valence-electron chi connectivity index (χ4n) is 0.924. The molecule has 3 heteroatoms. The lowest BCUT2D eigenvalue weighted by atomic mass is 10.1. The molecule has 1 unspecified atom stereocenters. The summed E-state index contributed by atoms with van der Waals surface area (Å²) in [5, 5.41) is 0. The highest BCUT2D eigenvalue weighted by molar-refractivity contribution is 7.80. The lowest BCUT2D eigenvalue weighted by Crippen LogP contribution is -2.31. The van der Waals surface area contributed by atoms with Crippen LogP contribution in [0.3, 0.4) is 0 Å². The third kappa shape index (κ3) is 3.80. The van der Waals surface area contributed by atoms with E-state index in [4.69, 9.17) is 18.0 Å². The molecule has 0 spiro atoms. The molecule has 0 bridgehead atoms. The highest BCUT2D eigenvalue weighted by atomic mass is 32.1. The van der Waals surface area contributed by atoms with Gasteiger partial charge in [-0.3, -0.25) is 0 Å². The van der Waals surface area contributed by atoms with Crippen LogP contribution in [-0.2, 0) is 0 Å². The molecule has 0 radical (unpaired) electrons. The summed E-state index contributed by atoms with van der Waals surface area (Å²) in [7, 11) is 4.10. The highest BCUT2D eigenvalue weighted by Crippen LogP contribution is 2.03. The maximum absolute atomic E-state index is 5.41. The third-order valence-corrected chi connectivity index (χ3v) is 1.81. The quantitative estimate of drug-likeness (QED) is 0.622. The van der Waals surface area contributed by atoms with Gasteiger partial charge in [-0.1, -0.05) is 19.1 Å². The van der Waals surface area contributed by atoms with Crippen LogP contribution in [0, 0.1) is 0 Å². The van der Waals surface area contributed by atoms with Crippen LogP contribution in [0.25, 0.3) is 0 Å². The predicted molar refractivity (Wildman–Crippen MR) is 49.2 cm³/mol. The van der Waals surface area contributed by atoms with E-state index in [9.17, 15) is 0 Å². The Morgan fingerprint density at radius 3 is 2.20 bits per heavy atom. The molecule has 0 aliphatic carbocycles. The summed E-state index contributed by atoms with van der Waals surface area (Å²) in [5.41, 5.74) is 5.41. The van der Waals surface area contributed by atoms with Crippen LogP contribution in [0.1, 0.15) is 19.8 Å². The third-order valence-electron chi connectivity index (χ3n) is 1.64. The van der Waals surface area contributed by atoms with E-state index in [-0.39, 0.29) is 0 Å². The summed E-state index contributed by atoms with van der Waals surface area (Å²) in [6, 6.07) is 0.512. The summed E-state index contributed by atoms with van der Waals surface area (Å²) in [5.74, 6) is 0. The average Bonchev–Trinajstić information content (AvgIpc) is 1.81. The molecule has 60 valence electrons. The topological polar surface area (TPSA) is 29.3 Å². The van der Waals surface area contributed by atoms with Crippen molar-refractivity contribution in [1.82, 2.24) is 4.90 Å². The van der Waals surface area contributed by atoms with Gasteiger partial charge in [-0.15, -0.1) is 0 Å². The molecule has 0 amide bonds. The Balaban J connectivity index is 3.71. The van der Waals surface area contributed by atoms with Gasteiger partial charge < -0.3 is 10.6 Å². The van der Waals surface area contributed by atoms with Crippen molar-refractivity contribution in [2.75, 3.05) is 14.1 Å². The van der Waals surface area contributed by atoms with E-state index in [0.717, 1.165) is 12.8 Å². The Hall–Kier alpha value is -0.150. The monoisotopic (exact) mass is 160 g/mol. The molecule has 0 saturated heterocycles. The summed E-state index contributed by atoms with van der Waals surface area (Å²) in [6.07, 6.45) is 1.93. The molecular formula is C7H16N2S. The minimum absolute atomic E-state index is 0.512. The van der Waals surface area contributed by atoms with E-state index in [0.29, 0.717) is 11.0 Å². The molecule has 0 aromatic carbocycles. The maximum Gasteiger partial charge on any atom is 0.0743 e. The Morgan fingerprint density at radius 1 is 1.60 bits per heavy atom. The first-order valence-electron chi connectivity index (χ1n) is 3.52. The average molecular weight is 160 g/mol. The highest BCUT2D eigenvalue weighted by Gasteiger charge is 2.08. The van der Waals surface area contributed by atoms with Crippen molar-refractivity contribution in [3.8, 4) is 0 Å². The second-order valence-electron chi connectivity index (χ2n) is 2.70. The van der Waals surface area contributed by atoms with Gasteiger partial charge >= 0.3 is 0 Å². The van der Waals surface area contributed by atoms with Crippen LogP contribution in [0.5, 0.6) is 0 Å². The molecule has 0 saturated carbocycles. The summed E-state index contributed by atoms with van der Waals surface area (Å²) < 4.78 is 0. The molecule has 0 heterocycles. The molecular weight excluding hydrogens is 144 g/mol. The fraction of sp³-hybridized carbons (Fsp3) is 0.857. The number of rotatable bonds is 4. The van der Waals surface area contributed by atoms with Crippen LogP contribution in [-0.4, -0.2) is 30.0 Å². The normalized spacial score (nSPS) is 13.6. The van der Waals surface area contributed by atoms with Crippen LogP contribution in [0.4, 0.5) is 0 Å². The summed E-state index contributed by atoms with van der Waals surface area (Å²) in [4.78, 5) is 2.76. The van der Waals surface area contributed by atoms with Crippen molar-refractivity contribution in [3.63, 3.8) is 0 Å². The zero-order chi connectivity index (χ0) is 8.15. The summed E-state index contributed by atoms with van der Waals surface area (Å²) in [6.45, 7) is 2.14. The number of nitrogens with two attached hydrogens (primary N) is 1. The van der Waals surface area contributed by atoms with Crippen molar-refractivity contribution in [3.05, 3.63) is 0 Å². The van der Waals surface area contributed by atoms with E-state index in [1.165, 1.54) is 0 Å². The zero-order valence-corrected chi connectivity index (χ0v) is 7.74. The zero-order valence-electron chi connectivity index (χ0n) is 6.92. The number of hydrogen-bond acceptors (Lipinski definition) is 2. The molecule has 0 aromatic rings. The standard InChI is InChI=1S/C7H16N2S/c1-4-6(9(2)3)5-7(8)10/h6H,4-5H2,1-3H3,(H2,8,10). The number of hydrogen-bond donors (Lipinski definition) is 1. The van der Waals surface area contributed by atoms with Gasteiger partial charge in [-0.05, 0) is 20.5 Å². The van der Waals surface area contributed by atoms with E-state index < -0.39 is 0 Å². The Labute approximate surface area is 68.4 Å². The predicted octanol–water partition coefficient (Wildman–Crippen LogP) is 1.00. The van der Waals surface area contributed by atoms with Crippen molar-refractivity contribution in [1.29, 1.82) is 0 Å². The Kier molecular flexibility index (Phi) is 4.56. The fourth-order valence-corrected chi connectivity index (χ4v) is 1.12. The van der Waals surface area contributed by atoms with Crippen LogP contribution in [0.2, 0.25) is 0 Å². The number of thiocarbonyl (C=S) groups is 1. The number of nitrogens with zero attached hydrogens (tertiary/aromatic N) is 1. The van der Waals surface area contributed by atoms with E-state index >= 15 is 0 Å². The first kappa shape index (κ1) is 9.85. The van der Waals surface area contributed by atoms with Gasteiger partial charge in [0.15, 0.2) is 0 Å². The first-order valence-corrected chi connectivity index (χ1v) is 3.93. The van der Waals surface area contributed by atoms with Gasteiger partial charge in [0.25, 0.3) is 0 Å². The Bertz CT molecular complexity index is 112. The molecule has 0 aliphatic heterocycles. The van der Waals surface area contributed by atoms with E-state index in [1.807, 2.05) is 14.1 Å². The molecule has 2 nitrogen and oxygen atoms in total. The van der Waals surface area contributed by atoms with Crippen LogP contribution < -0.4 is 5.73 Å². The molecule has 2 N–H and O–H groups in total. The largest absolute Gasteiger partial charge is 0.393 e. The molecule has 0 aromatic heterocycles. The van der Waals surface area contributed by atoms with Gasteiger partial charge in [0.2, 0.25) is 0 Å². The lowest BCUT2D eigenvalue weighted by Gasteiger charge is -2.21. The summed E-state index contributed by atoms with van der Waals surface area (Å²) >= 11 is 4.81. The van der Waals surface area contributed by atoms with Crippen LogP contribution in [0.15, 0.2) is 0 Å². The molecule has 1 atom stereocenters. The van der Waals surface area contributed by atoms with E-state index in [1.54, 1.807) is 0 Å². The van der Waals surface area contributed by atoms with Crippen molar-refractivity contribution in [2.24, 2.45) is 5.73 Å². The van der Waals surface area contributed by atoms with Gasteiger partial charge in [0.1, 0.15) is 0 Å². The van der Waals surface area contributed by atoms with Crippen molar-refractivity contribution in [2.45, 2.75) is 25.8 Å². The van der Waals surface area contributed by atoms with Crippen molar-refractivity contribution < 1.29 is 0 Å². The van der Waals surface area contributed by atoms with E-state index in [2.05, 4.69) is 11.8 Å². The Morgan fingerprint density at radius 2 is 2.10 bits per heavy atom. The first-order chi connectivity index (χ1) is 4.57. The SMILES string of the molecule is CCC(CC(N)=S)N(C)C. The lowest BCUT2D eigenvalue weighted by molar-refractivity contribution is 0.293. The van der Waals surface area contributed by atoms with Gasteiger partial charge in [-0.2, -0.15) is 0 Å². The molecule has 10 heavy (non-hydrogen) atoms. The molecule has 0 fully saturated rings. The minimum atomic E-state index is 0.512. The van der Waals surface area contributed by atoms with Crippen molar-refractivity contribution >= 4 is 17.2 Å². The van der Waals surface area contributed by atoms with Gasteiger partial charge in [0.05, 0.1) is 4.99 Å². The maximum atomic E-state index is 5.41. The van der Waals surface area contributed by atoms with Crippen LogP contribution >= 0.6 is 12.2 Å². The van der Waals surface area contributed by atoms with Gasteiger partial charge in [0, 0.05) is 12.5 Å². The molecule has 0 aliphatic rings. The second kappa shape index (κ2) is 4.63. The second-order valence-corrected chi connectivity index (χ2v) is 3.22.